The first-order valence-electron chi connectivity index (χ1n) is 7.45. The predicted molar refractivity (Wildman–Crippen MR) is 87.0 cm³/mol. The van der Waals surface area contributed by atoms with E-state index in [-0.39, 0.29) is 10.8 Å². The van der Waals surface area contributed by atoms with Crippen molar-refractivity contribution in [3.63, 3.8) is 0 Å². The molecule has 1 unspecified atom stereocenters. The van der Waals surface area contributed by atoms with Crippen molar-refractivity contribution >= 4 is 17.7 Å². The van der Waals surface area contributed by atoms with Gasteiger partial charge in [0.25, 0.3) is 0 Å². The summed E-state index contributed by atoms with van der Waals surface area (Å²) >= 11 is 1.88. The van der Waals surface area contributed by atoms with Crippen molar-refractivity contribution < 1.29 is 4.79 Å². The van der Waals surface area contributed by atoms with Gasteiger partial charge in [0.1, 0.15) is 5.37 Å². The highest BCUT2D eigenvalue weighted by Crippen LogP contribution is 2.38. The van der Waals surface area contributed by atoms with Crippen molar-refractivity contribution in [1.82, 2.24) is 4.90 Å². The maximum absolute atomic E-state index is 12.2. The Bertz CT molecular complexity index is 461. The molecule has 20 heavy (non-hydrogen) atoms. The summed E-state index contributed by atoms with van der Waals surface area (Å²) in [6, 6.07) is 8.79. The van der Waals surface area contributed by atoms with Gasteiger partial charge in [0.05, 0.1) is 0 Å². The van der Waals surface area contributed by atoms with Crippen LogP contribution in [0.15, 0.2) is 24.3 Å². The molecule has 0 aromatic heterocycles. The standard InChI is InChI=1S/C17H25NOS/c1-5-6-15(19)18-11-12-20-16(18)13-7-9-14(10-8-13)17(2,3)4/h7-10,16H,5-6,11-12H2,1-4H3. The lowest BCUT2D eigenvalue weighted by atomic mass is 9.86. The first-order chi connectivity index (χ1) is 9.43. The number of benzene rings is 1. The Morgan fingerprint density at radius 3 is 2.50 bits per heavy atom. The van der Waals surface area contributed by atoms with Gasteiger partial charge in [0.2, 0.25) is 5.91 Å². The van der Waals surface area contributed by atoms with Crippen LogP contribution in [0, 0.1) is 0 Å². The first kappa shape index (κ1) is 15.4. The molecule has 1 atom stereocenters. The van der Waals surface area contributed by atoms with Crippen molar-refractivity contribution in [2.24, 2.45) is 0 Å². The lowest BCUT2D eigenvalue weighted by Gasteiger charge is -2.25. The molecule has 0 bridgehead atoms. The zero-order chi connectivity index (χ0) is 14.8. The van der Waals surface area contributed by atoms with Gasteiger partial charge in [-0.05, 0) is 23.0 Å². The average Bonchev–Trinajstić information content (AvgIpc) is 2.87. The molecular formula is C17H25NOS. The second kappa shape index (κ2) is 6.21. The summed E-state index contributed by atoms with van der Waals surface area (Å²) in [5.41, 5.74) is 2.78. The minimum Gasteiger partial charge on any atom is -0.326 e. The number of amides is 1. The number of carbonyl (C=O) groups excluding carboxylic acids is 1. The largest absolute Gasteiger partial charge is 0.326 e. The maximum Gasteiger partial charge on any atom is 0.223 e. The van der Waals surface area contributed by atoms with Gasteiger partial charge in [0.15, 0.2) is 0 Å². The quantitative estimate of drug-likeness (QED) is 0.825. The number of hydrogen-bond acceptors (Lipinski definition) is 2. The van der Waals surface area contributed by atoms with Crippen molar-refractivity contribution in [3.05, 3.63) is 35.4 Å². The lowest BCUT2D eigenvalue weighted by molar-refractivity contribution is -0.131. The van der Waals surface area contributed by atoms with Gasteiger partial charge in [-0.25, -0.2) is 0 Å². The predicted octanol–water partition coefficient (Wildman–Crippen LogP) is 4.36. The topological polar surface area (TPSA) is 20.3 Å². The summed E-state index contributed by atoms with van der Waals surface area (Å²) in [4.78, 5) is 14.2. The van der Waals surface area contributed by atoms with Crippen LogP contribution < -0.4 is 0 Å². The monoisotopic (exact) mass is 291 g/mol. The Kier molecular flexibility index (Phi) is 4.79. The molecule has 0 saturated carbocycles. The zero-order valence-corrected chi connectivity index (χ0v) is 13.8. The van der Waals surface area contributed by atoms with Crippen molar-refractivity contribution in [2.75, 3.05) is 12.3 Å². The van der Waals surface area contributed by atoms with E-state index in [2.05, 4.69) is 52.0 Å². The van der Waals surface area contributed by atoms with E-state index >= 15 is 0 Å². The lowest BCUT2D eigenvalue weighted by Crippen LogP contribution is -2.30. The third-order valence-electron chi connectivity index (χ3n) is 3.74. The summed E-state index contributed by atoms with van der Waals surface area (Å²) in [5, 5.41) is 0.211. The molecule has 1 saturated heterocycles. The first-order valence-corrected chi connectivity index (χ1v) is 8.50. The molecular weight excluding hydrogens is 266 g/mol. The Labute approximate surface area is 126 Å². The van der Waals surface area contributed by atoms with Crippen LogP contribution in [0.3, 0.4) is 0 Å². The third kappa shape index (κ3) is 3.38. The third-order valence-corrected chi connectivity index (χ3v) is 5.00. The van der Waals surface area contributed by atoms with Crippen LogP contribution in [0.1, 0.15) is 57.0 Å². The van der Waals surface area contributed by atoms with Gasteiger partial charge < -0.3 is 4.90 Å². The van der Waals surface area contributed by atoms with Crippen LogP contribution in [-0.4, -0.2) is 23.1 Å². The summed E-state index contributed by atoms with van der Waals surface area (Å²) in [5.74, 6) is 1.34. The summed E-state index contributed by atoms with van der Waals surface area (Å²) in [6.45, 7) is 9.62. The Hall–Kier alpha value is -0.960. The van der Waals surface area contributed by atoms with Gasteiger partial charge in [-0.1, -0.05) is 52.0 Å². The molecule has 2 nitrogen and oxygen atoms in total. The van der Waals surface area contributed by atoms with Crippen LogP contribution in [-0.2, 0) is 10.2 Å². The van der Waals surface area contributed by atoms with Gasteiger partial charge in [-0.2, -0.15) is 0 Å². The molecule has 1 aliphatic rings. The van der Waals surface area contributed by atoms with Crippen LogP contribution in [0.4, 0.5) is 0 Å². The maximum atomic E-state index is 12.2. The number of nitrogens with zero attached hydrogens (tertiary/aromatic N) is 1. The highest BCUT2D eigenvalue weighted by molar-refractivity contribution is 7.99. The van der Waals surface area contributed by atoms with E-state index in [1.807, 2.05) is 16.7 Å². The molecule has 0 spiro atoms. The number of carbonyl (C=O) groups is 1. The Morgan fingerprint density at radius 2 is 1.95 bits per heavy atom. The molecule has 0 N–H and O–H groups in total. The summed E-state index contributed by atoms with van der Waals surface area (Å²) < 4.78 is 0. The van der Waals surface area contributed by atoms with E-state index in [9.17, 15) is 4.79 Å². The average molecular weight is 291 g/mol. The second-order valence-corrected chi connectivity index (χ2v) is 7.62. The molecule has 1 aromatic carbocycles. The number of rotatable bonds is 3. The fraction of sp³-hybridized carbons (Fsp3) is 0.588. The van der Waals surface area contributed by atoms with Gasteiger partial charge in [-0.15, -0.1) is 11.8 Å². The van der Waals surface area contributed by atoms with Gasteiger partial charge in [0, 0.05) is 18.7 Å². The van der Waals surface area contributed by atoms with Crippen LogP contribution in [0.2, 0.25) is 0 Å². The Morgan fingerprint density at radius 1 is 1.30 bits per heavy atom. The number of hydrogen-bond donors (Lipinski definition) is 0. The smallest absolute Gasteiger partial charge is 0.223 e. The molecule has 110 valence electrons. The molecule has 1 aromatic rings. The van der Waals surface area contributed by atoms with Crippen LogP contribution in [0.5, 0.6) is 0 Å². The summed E-state index contributed by atoms with van der Waals surface area (Å²) in [6.07, 6.45) is 1.59. The molecule has 1 heterocycles. The molecule has 0 aliphatic carbocycles. The van der Waals surface area contributed by atoms with E-state index in [0.29, 0.717) is 12.3 Å². The van der Waals surface area contributed by atoms with E-state index in [4.69, 9.17) is 0 Å². The van der Waals surface area contributed by atoms with Crippen LogP contribution >= 0.6 is 11.8 Å². The Balaban J connectivity index is 2.16. The highest BCUT2D eigenvalue weighted by Gasteiger charge is 2.30. The molecule has 1 amide bonds. The molecule has 3 heteroatoms. The second-order valence-electron chi connectivity index (χ2n) is 6.43. The van der Waals surface area contributed by atoms with Crippen LogP contribution in [0.25, 0.3) is 0 Å². The van der Waals surface area contributed by atoms with E-state index in [0.717, 1.165) is 18.7 Å². The van der Waals surface area contributed by atoms with Gasteiger partial charge >= 0.3 is 0 Å². The van der Waals surface area contributed by atoms with E-state index in [1.54, 1.807) is 0 Å². The van der Waals surface area contributed by atoms with E-state index in [1.165, 1.54) is 11.1 Å². The fourth-order valence-corrected chi connectivity index (χ4v) is 3.78. The normalized spacial score (nSPS) is 19.4. The van der Waals surface area contributed by atoms with Crippen molar-refractivity contribution in [3.8, 4) is 0 Å². The van der Waals surface area contributed by atoms with E-state index < -0.39 is 0 Å². The highest BCUT2D eigenvalue weighted by atomic mass is 32.2. The molecule has 1 fully saturated rings. The fourth-order valence-electron chi connectivity index (χ4n) is 2.51. The van der Waals surface area contributed by atoms with Crippen molar-refractivity contribution in [2.45, 2.75) is 51.3 Å². The molecule has 1 aliphatic heterocycles. The molecule has 0 radical (unpaired) electrons. The van der Waals surface area contributed by atoms with Gasteiger partial charge in [-0.3, -0.25) is 4.79 Å². The zero-order valence-electron chi connectivity index (χ0n) is 13.0. The minimum absolute atomic E-state index is 0.180. The minimum atomic E-state index is 0.180. The SMILES string of the molecule is CCCC(=O)N1CCSC1c1ccc(C(C)(C)C)cc1. The number of thioether (sulfide) groups is 1. The summed E-state index contributed by atoms with van der Waals surface area (Å²) in [7, 11) is 0. The molecule has 2 rings (SSSR count). The van der Waals surface area contributed by atoms with Crippen molar-refractivity contribution in [1.29, 1.82) is 0 Å².